The van der Waals surface area contributed by atoms with Crippen LogP contribution in [0.2, 0.25) is 0 Å². The number of carbonyl (C=O) groups is 1. The predicted octanol–water partition coefficient (Wildman–Crippen LogP) is 1.86. The second kappa shape index (κ2) is 7.13. The molecule has 0 aromatic carbocycles. The van der Waals surface area contributed by atoms with Crippen LogP contribution in [0, 0.1) is 5.92 Å². The van der Waals surface area contributed by atoms with E-state index in [2.05, 4.69) is 10.6 Å². The van der Waals surface area contributed by atoms with E-state index in [4.69, 9.17) is 0 Å². The fourth-order valence-corrected chi connectivity index (χ4v) is 2.64. The Morgan fingerprint density at radius 3 is 2.44 bits per heavy atom. The SMILES string of the molecule is Cl.O=C(NC1CCCCC1)C1CCCNC1. The van der Waals surface area contributed by atoms with Gasteiger partial charge in [-0.15, -0.1) is 12.4 Å². The van der Waals surface area contributed by atoms with Crippen LogP contribution < -0.4 is 10.6 Å². The predicted molar refractivity (Wildman–Crippen MR) is 67.9 cm³/mol. The summed E-state index contributed by atoms with van der Waals surface area (Å²) in [6.07, 6.45) is 8.49. The molecule has 2 N–H and O–H groups in total. The number of hydrogen-bond acceptors (Lipinski definition) is 2. The van der Waals surface area contributed by atoms with Gasteiger partial charge in [-0.05, 0) is 32.2 Å². The molecule has 3 nitrogen and oxygen atoms in total. The Bertz CT molecular complexity index is 211. The van der Waals surface area contributed by atoms with Crippen LogP contribution in [-0.4, -0.2) is 25.0 Å². The molecule has 94 valence electrons. The molecule has 0 radical (unpaired) electrons. The van der Waals surface area contributed by atoms with E-state index in [-0.39, 0.29) is 24.2 Å². The number of piperidine rings is 1. The summed E-state index contributed by atoms with van der Waals surface area (Å²) in [6, 6.07) is 0.466. The minimum absolute atomic E-state index is 0. The first kappa shape index (κ1) is 13.8. The van der Waals surface area contributed by atoms with E-state index in [1.165, 1.54) is 32.1 Å². The number of hydrogen-bond donors (Lipinski definition) is 2. The molecule has 1 heterocycles. The lowest BCUT2D eigenvalue weighted by Gasteiger charge is -2.27. The van der Waals surface area contributed by atoms with Crippen molar-refractivity contribution < 1.29 is 4.79 Å². The van der Waals surface area contributed by atoms with Crippen LogP contribution in [0.1, 0.15) is 44.9 Å². The minimum Gasteiger partial charge on any atom is -0.353 e. The Morgan fingerprint density at radius 1 is 1.06 bits per heavy atom. The number of nitrogens with one attached hydrogen (secondary N) is 2. The summed E-state index contributed by atoms with van der Waals surface area (Å²) in [7, 11) is 0. The number of carbonyl (C=O) groups excluding carboxylic acids is 1. The van der Waals surface area contributed by atoms with Gasteiger partial charge in [-0.3, -0.25) is 4.79 Å². The van der Waals surface area contributed by atoms with E-state index >= 15 is 0 Å². The molecule has 1 saturated carbocycles. The maximum atomic E-state index is 11.9. The molecule has 1 unspecified atom stereocenters. The zero-order chi connectivity index (χ0) is 10.5. The highest BCUT2D eigenvalue weighted by atomic mass is 35.5. The van der Waals surface area contributed by atoms with Gasteiger partial charge in [0.2, 0.25) is 5.91 Å². The molecule has 1 aliphatic carbocycles. The van der Waals surface area contributed by atoms with Gasteiger partial charge in [0.25, 0.3) is 0 Å². The lowest BCUT2D eigenvalue weighted by Crippen LogP contribution is -2.44. The Kier molecular flexibility index (Phi) is 6.14. The van der Waals surface area contributed by atoms with Gasteiger partial charge in [0.1, 0.15) is 0 Å². The summed E-state index contributed by atoms with van der Waals surface area (Å²) in [5, 5.41) is 6.50. The Labute approximate surface area is 104 Å². The maximum absolute atomic E-state index is 11.9. The average Bonchev–Trinajstić information content (AvgIpc) is 2.31. The third kappa shape index (κ3) is 3.95. The van der Waals surface area contributed by atoms with Gasteiger partial charge in [0.05, 0.1) is 5.92 Å². The molecule has 2 aliphatic rings. The van der Waals surface area contributed by atoms with Crippen molar-refractivity contribution in [3.63, 3.8) is 0 Å². The second-order valence-electron chi connectivity index (χ2n) is 4.89. The van der Waals surface area contributed by atoms with Gasteiger partial charge in [-0.1, -0.05) is 19.3 Å². The molecule has 1 aliphatic heterocycles. The van der Waals surface area contributed by atoms with Gasteiger partial charge in [-0.2, -0.15) is 0 Å². The standard InChI is InChI=1S/C12H22N2O.ClH/c15-12(10-5-4-8-13-9-10)14-11-6-2-1-3-7-11;/h10-11,13H,1-9H2,(H,14,15);1H. The highest BCUT2D eigenvalue weighted by Gasteiger charge is 2.23. The highest BCUT2D eigenvalue weighted by Crippen LogP contribution is 2.18. The molecule has 0 spiro atoms. The topological polar surface area (TPSA) is 41.1 Å². The van der Waals surface area contributed by atoms with E-state index in [1.54, 1.807) is 0 Å². The molecular weight excluding hydrogens is 224 g/mol. The van der Waals surface area contributed by atoms with Crippen molar-refractivity contribution in [3.8, 4) is 0 Å². The zero-order valence-electron chi connectivity index (χ0n) is 9.84. The fourth-order valence-electron chi connectivity index (χ4n) is 2.64. The van der Waals surface area contributed by atoms with Crippen molar-refractivity contribution in [1.29, 1.82) is 0 Å². The summed E-state index contributed by atoms with van der Waals surface area (Å²) in [5.74, 6) is 0.509. The van der Waals surface area contributed by atoms with Crippen molar-refractivity contribution >= 4 is 18.3 Å². The first-order valence-electron chi connectivity index (χ1n) is 6.37. The molecule has 2 fully saturated rings. The normalized spacial score (nSPS) is 26.9. The van der Waals surface area contributed by atoms with E-state index < -0.39 is 0 Å². The lowest BCUT2D eigenvalue weighted by atomic mass is 9.93. The van der Waals surface area contributed by atoms with E-state index in [0.29, 0.717) is 6.04 Å². The van der Waals surface area contributed by atoms with Crippen LogP contribution >= 0.6 is 12.4 Å². The first-order chi connectivity index (χ1) is 7.36. The first-order valence-corrected chi connectivity index (χ1v) is 6.37. The van der Waals surface area contributed by atoms with Gasteiger partial charge < -0.3 is 10.6 Å². The Hall–Kier alpha value is -0.280. The van der Waals surface area contributed by atoms with Crippen LogP contribution in [0.4, 0.5) is 0 Å². The molecule has 1 atom stereocenters. The summed E-state index contributed by atoms with van der Waals surface area (Å²) in [6.45, 7) is 1.95. The van der Waals surface area contributed by atoms with Gasteiger partial charge in [-0.25, -0.2) is 0 Å². The monoisotopic (exact) mass is 246 g/mol. The smallest absolute Gasteiger partial charge is 0.224 e. The van der Waals surface area contributed by atoms with Gasteiger partial charge in [0, 0.05) is 12.6 Å². The van der Waals surface area contributed by atoms with Gasteiger partial charge in [0.15, 0.2) is 0 Å². The highest BCUT2D eigenvalue weighted by molar-refractivity contribution is 5.85. The van der Waals surface area contributed by atoms with Crippen LogP contribution in [-0.2, 0) is 4.79 Å². The van der Waals surface area contributed by atoms with E-state index in [9.17, 15) is 4.79 Å². The third-order valence-electron chi connectivity index (χ3n) is 3.62. The van der Waals surface area contributed by atoms with Crippen LogP contribution in [0.25, 0.3) is 0 Å². The molecule has 4 heteroatoms. The van der Waals surface area contributed by atoms with Gasteiger partial charge >= 0.3 is 0 Å². The Morgan fingerprint density at radius 2 is 1.81 bits per heavy atom. The molecule has 0 aromatic heterocycles. The summed E-state index contributed by atoms with van der Waals surface area (Å²) >= 11 is 0. The lowest BCUT2D eigenvalue weighted by molar-refractivity contribution is -0.126. The molecule has 1 saturated heterocycles. The molecule has 0 bridgehead atoms. The average molecular weight is 247 g/mol. The number of halogens is 1. The summed E-state index contributed by atoms with van der Waals surface area (Å²) in [4.78, 5) is 11.9. The number of amides is 1. The Balaban J connectivity index is 0.00000128. The van der Waals surface area contributed by atoms with Crippen LogP contribution in [0.5, 0.6) is 0 Å². The molecule has 16 heavy (non-hydrogen) atoms. The van der Waals surface area contributed by atoms with Crippen molar-refractivity contribution in [2.75, 3.05) is 13.1 Å². The number of rotatable bonds is 2. The van der Waals surface area contributed by atoms with Crippen molar-refractivity contribution in [2.24, 2.45) is 5.92 Å². The maximum Gasteiger partial charge on any atom is 0.224 e. The largest absolute Gasteiger partial charge is 0.353 e. The summed E-state index contributed by atoms with van der Waals surface area (Å²) in [5.41, 5.74) is 0. The van der Waals surface area contributed by atoms with Crippen molar-refractivity contribution in [2.45, 2.75) is 51.0 Å². The minimum atomic E-state index is 0. The molecule has 0 aromatic rings. The van der Waals surface area contributed by atoms with E-state index in [1.807, 2.05) is 0 Å². The quantitative estimate of drug-likeness (QED) is 0.781. The summed E-state index contributed by atoms with van der Waals surface area (Å²) < 4.78 is 0. The fraction of sp³-hybridized carbons (Fsp3) is 0.917. The zero-order valence-corrected chi connectivity index (χ0v) is 10.7. The van der Waals surface area contributed by atoms with Crippen LogP contribution in [0.3, 0.4) is 0 Å². The molecule has 2 rings (SSSR count). The third-order valence-corrected chi connectivity index (χ3v) is 3.62. The molecule has 1 amide bonds. The van der Waals surface area contributed by atoms with Crippen molar-refractivity contribution in [3.05, 3.63) is 0 Å². The molecular formula is C12H23ClN2O. The van der Waals surface area contributed by atoms with E-state index in [0.717, 1.165) is 25.9 Å². The van der Waals surface area contributed by atoms with Crippen molar-refractivity contribution in [1.82, 2.24) is 10.6 Å². The van der Waals surface area contributed by atoms with Crippen LogP contribution in [0.15, 0.2) is 0 Å². The second-order valence-corrected chi connectivity index (χ2v) is 4.89.